The van der Waals surface area contributed by atoms with Crippen LogP contribution in [0.25, 0.3) is 0 Å². The summed E-state index contributed by atoms with van der Waals surface area (Å²) in [5.41, 5.74) is 5.91. The molecule has 0 amide bonds. The van der Waals surface area contributed by atoms with Gasteiger partial charge < -0.3 is 5.73 Å². The number of rotatable bonds is 3. The van der Waals surface area contributed by atoms with Gasteiger partial charge in [0, 0.05) is 18.4 Å². The Balaban J connectivity index is 2.22. The van der Waals surface area contributed by atoms with Gasteiger partial charge in [-0.15, -0.1) is 0 Å². The lowest BCUT2D eigenvalue weighted by atomic mass is 10.0. The highest BCUT2D eigenvalue weighted by Gasteiger charge is 2.21. The van der Waals surface area contributed by atoms with Gasteiger partial charge in [0.1, 0.15) is 5.82 Å². The largest absolute Gasteiger partial charge is 0.326 e. The molecule has 0 saturated heterocycles. The van der Waals surface area contributed by atoms with Crippen molar-refractivity contribution in [1.29, 1.82) is 0 Å². The second-order valence-corrected chi connectivity index (χ2v) is 4.38. The molecule has 0 aliphatic carbocycles. The third-order valence-corrected chi connectivity index (χ3v) is 3.26. The van der Waals surface area contributed by atoms with E-state index in [2.05, 4.69) is 23.9 Å². The van der Waals surface area contributed by atoms with Crippen LogP contribution in [0.1, 0.15) is 50.7 Å². The number of nitrogens with zero attached hydrogens (tertiary/aromatic N) is 3. The zero-order valence-electron chi connectivity index (χ0n) is 9.61. The van der Waals surface area contributed by atoms with Crippen molar-refractivity contribution >= 4 is 0 Å². The smallest absolute Gasteiger partial charge is 0.154 e. The average Bonchev–Trinajstić information content (AvgIpc) is 2.62. The molecule has 0 bridgehead atoms. The van der Waals surface area contributed by atoms with E-state index in [-0.39, 0.29) is 6.04 Å². The Morgan fingerprint density at radius 3 is 2.87 bits per heavy atom. The van der Waals surface area contributed by atoms with Gasteiger partial charge in [-0.1, -0.05) is 13.8 Å². The third kappa shape index (κ3) is 2.04. The topological polar surface area (TPSA) is 56.7 Å². The van der Waals surface area contributed by atoms with Crippen LogP contribution in [0.4, 0.5) is 0 Å². The summed E-state index contributed by atoms with van der Waals surface area (Å²) in [6.07, 6.45) is 4.26. The molecule has 0 spiro atoms. The first kappa shape index (κ1) is 10.6. The molecule has 1 unspecified atom stereocenters. The Labute approximate surface area is 90.9 Å². The molecule has 2 N–H and O–H groups in total. The van der Waals surface area contributed by atoms with Crippen LogP contribution in [0.2, 0.25) is 0 Å². The van der Waals surface area contributed by atoms with Gasteiger partial charge in [0.15, 0.2) is 5.82 Å². The molecule has 4 nitrogen and oxygen atoms in total. The zero-order valence-corrected chi connectivity index (χ0v) is 9.61. The predicted octanol–water partition coefficient (Wildman–Crippen LogP) is 1.46. The standard InChI is InChI=1S/C11H20N4/c1-3-8(4-2)11-13-10-6-5-9(12)7-15(10)14-11/h8-9H,3-7,12H2,1-2H3. The Kier molecular flexibility index (Phi) is 3.05. The van der Waals surface area contributed by atoms with Gasteiger partial charge in [-0.3, -0.25) is 0 Å². The Bertz CT molecular complexity index is 327. The molecule has 0 radical (unpaired) electrons. The molecule has 4 heteroatoms. The van der Waals surface area contributed by atoms with Gasteiger partial charge in [-0.25, -0.2) is 9.67 Å². The molecular formula is C11H20N4. The molecule has 0 fully saturated rings. The minimum absolute atomic E-state index is 0.258. The first-order valence-electron chi connectivity index (χ1n) is 5.93. The number of aromatic nitrogens is 3. The molecule has 2 heterocycles. The quantitative estimate of drug-likeness (QED) is 0.818. The van der Waals surface area contributed by atoms with Crippen molar-refractivity contribution in [3.05, 3.63) is 11.6 Å². The molecular weight excluding hydrogens is 188 g/mol. The number of aryl methyl sites for hydroxylation is 1. The molecule has 0 aromatic carbocycles. The minimum Gasteiger partial charge on any atom is -0.326 e. The highest BCUT2D eigenvalue weighted by molar-refractivity contribution is 5.02. The van der Waals surface area contributed by atoms with Gasteiger partial charge in [0.25, 0.3) is 0 Å². The summed E-state index contributed by atoms with van der Waals surface area (Å²) in [5.74, 6) is 2.65. The average molecular weight is 208 g/mol. The monoisotopic (exact) mass is 208 g/mol. The number of hydrogen-bond donors (Lipinski definition) is 1. The van der Waals surface area contributed by atoms with Gasteiger partial charge in [0.2, 0.25) is 0 Å². The van der Waals surface area contributed by atoms with Gasteiger partial charge >= 0.3 is 0 Å². The molecule has 0 saturated carbocycles. The highest BCUT2D eigenvalue weighted by Crippen LogP contribution is 2.21. The van der Waals surface area contributed by atoms with E-state index in [4.69, 9.17) is 5.73 Å². The molecule has 15 heavy (non-hydrogen) atoms. The maximum Gasteiger partial charge on any atom is 0.154 e. The van der Waals surface area contributed by atoms with Crippen molar-refractivity contribution in [2.24, 2.45) is 5.73 Å². The lowest BCUT2D eigenvalue weighted by molar-refractivity contribution is 0.419. The van der Waals surface area contributed by atoms with E-state index >= 15 is 0 Å². The van der Waals surface area contributed by atoms with Gasteiger partial charge in [0.05, 0.1) is 6.54 Å². The summed E-state index contributed by atoms with van der Waals surface area (Å²) in [5, 5.41) is 4.57. The van der Waals surface area contributed by atoms with Crippen LogP contribution in [0.3, 0.4) is 0 Å². The van der Waals surface area contributed by atoms with Crippen molar-refractivity contribution in [1.82, 2.24) is 14.8 Å². The molecule has 1 aromatic heterocycles. The van der Waals surface area contributed by atoms with E-state index in [1.807, 2.05) is 4.68 Å². The lowest BCUT2D eigenvalue weighted by Gasteiger charge is -2.17. The Morgan fingerprint density at radius 1 is 1.47 bits per heavy atom. The fourth-order valence-corrected chi connectivity index (χ4v) is 2.18. The second kappa shape index (κ2) is 4.31. The predicted molar refractivity (Wildman–Crippen MR) is 59.6 cm³/mol. The number of hydrogen-bond acceptors (Lipinski definition) is 3. The first-order valence-corrected chi connectivity index (χ1v) is 5.93. The van der Waals surface area contributed by atoms with E-state index < -0.39 is 0 Å². The molecule has 2 rings (SSSR count). The van der Waals surface area contributed by atoms with Crippen LogP contribution < -0.4 is 5.73 Å². The van der Waals surface area contributed by atoms with Crippen LogP contribution >= 0.6 is 0 Å². The van der Waals surface area contributed by atoms with E-state index in [1.165, 1.54) is 0 Å². The molecule has 1 aromatic rings. The second-order valence-electron chi connectivity index (χ2n) is 4.38. The fourth-order valence-electron chi connectivity index (χ4n) is 2.18. The van der Waals surface area contributed by atoms with Gasteiger partial charge in [-0.2, -0.15) is 5.10 Å². The van der Waals surface area contributed by atoms with Crippen LogP contribution in [0, 0.1) is 0 Å². The summed E-state index contributed by atoms with van der Waals surface area (Å²) in [6.45, 7) is 5.22. The van der Waals surface area contributed by atoms with Crippen molar-refractivity contribution < 1.29 is 0 Å². The highest BCUT2D eigenvalue weighted by atomic mass is 15.4. The molecule has 1 aliphatic heterocycles. The van der Waals surface area contributed by atoms with Crippen LogP contribution in [0.5, 0.6) is 0 Å². The maximum absolute atomic E-state index is 5.91. The van der Waals surface area contributed by atoms with Crippen molar-refractivity contribution in [2.75, 3.05) is 0 Å². The summed E-state index contributed by atoms with van der Waals surface area (Å²) in [4.78, 5) is 4.62. The molecule has 84 valence electrons. The summed E-state index contributed by atoms with van der Waals surface area (Å²) in [7, 11) is 0. The summed E-state index contributed by atoms with van der Waals surface area (Å²) < 4.78 is 2.00. The van der Waals surface area contributed by atoms with E-state index in [0.29, 0.717) is 5.92 Å². The van der Waals surface area contributed by atoms with E-state index in [9.17, 15) is 0 Å². The van der Waals surface area contributed by atoms with Crippen molar-refractivity contribution in [3.8, 4) is 0 Å². The molecule has 1 aliphatic rings. The fraction of sp³-hybridized carbons (Fsp3) is 0.818. The number of fused-ring (bicyclic) bond motifs is 1. The molecule has 1 atom stereocenters. The van der Waals surface area contributed by atoms with Crippen LogP contribution in [-0.2, 0) is 13.0 Å². The first-order chi connectivity index (χ1) is 7.24. The number of nitrogens with two attached hydrogens (primary N) is 1. The third-order valence-electron chi connectivity index (χ3n) is 3.26. The summed E-state index contributed by atoms with van der Waals surface area (Å²) >= 11 is 0. The van der Waals surface area contributed by atoms with Crippen molar-refractivity contribution in [3.63, 3.8) is 0 Å². The Hall–Kier alpha value is -0.900. The van der Waals surface area contributed by atoms with Gasteiger partial charge in [-0.05, 0) is 19.3 Å². The van der Waals surface area contributed by atoms with E-state index in [0.717, 1.165) is 43.9 Å². The summed E-state index contributed by atoms with van der Waals surface area (Å²) in [6, 6.07) is 0.258. The Morgan fingerprint density at radius 2 is 2.20 bits per heavy atom. The van der Waals surface area contributed by atoms with E-state index in [1.54, 1.807) is 0 Å². The van der Waals surface area contributed by atoms with Crippen LogP contribution in [0.15, 0.2) is 0 Å². The van der Waals surface area contributed by atoms with Crippen molar-refractivity contribution in [2.45, 2.75) is 58.0 Å². The normalized spacial score (nSPS) is 20.7. The maximum atomic E-state index is 5.91. The SMILES string of the molecule is CCC(CC)c1nc2n(n1)CC(N)CC2. The zero-order chi connectivity index (χ0) is 10.8. The lowest BCUT2D eigenvalue weighted by Crippen LogP contribution is -2.32. The minimum atomic E-state index is 0.258. The van der Waals surface area contributed by atoms with Crippen LogP contribution in [-0.4, -0.2) is 20.8 Å².